The van der Waals surface area contributed by atoms with Gasteiger partial charge in [-0.15, -0.1) is 0 Å². The highest BCUT2D eigenvalue weighted by molar-refractivity contribution is 5.97. The number of rotatable bonds is 4. The summed E-state index contributed by atoms with van der Waals surface area (Å²) in [5, 5.41) is 0. The Balaban J connectivity index is 1.91. The molecule has 0 amide bonds. The van der Waals surface area contributed by atoms with E-state index in [2.05, 4.69) is 4.90 Å². The predicted molar refractivity (Wildman–Crippen MR) is 70.2 cm³/mol. The molecule has 2 nitrogen and oxygen atoms in total. The standard InChI is InChI=1S/C15H21NO/c1-13(12-16-10-6-3-7-11-16)15(17)14-8-4-2-5-9-14/h2,4-5,8-9,13H,3,6-7,10-12H2,1H3/t13-/m1/s1. The second-order valence-corrected chi connectivity index (χ2v) is 4.99. The maximum atomic E-state index is 12.2. The number of hydrogen-bond acceptors (Lipinski definition) is 2. The van der Waals surface area contributed by atoms with E-state index in [1.54, 1.807) is 0 Å². The largest absolute Gasteiger partial charge is 0.303 e. The van der Waals surface area contributed by atoms with Crippen LogP contribution in [0.4, 0.5) is 0 Å². The van der Waals surface area contributed by atoms with E-state index in [0.29, 0.717) is 0 Å². The number of nitrogens with zero attached hydrogens (tertiary/aromatic N) is 1. The van der Waals surface area contributed by atoms with Crippen molar-refractivity contribution < 1.29 is 4.79 Å². The first-order chi connectivity index (χ1) is 8.27. The number of carbonyl (C=O) groups is 1. The quantitative estimate of drug-likeness (QED) is 0.742. The lowest BCUT2D eigenvalue weighted by molar-refractivity contribution is 0.0883. The van der Waals surface area contributed by atoms with Crippen molar-refractivity contribution in [2.45, 2.75) is 26.2 Å². The molecular formula is C15H21NO. The second-order valence-electron chi connectivity index (χ2n) is 4.99. The van der Waals surface area contributed by atoms with E-state index in [4.69, 9.17) is 0 Å². The first-order valence-electron chi connectivity index (χ1n) is 6.59. The highest BCUT2D eigenvalue weighted by atomic mass is 16.1. The number of benzene rings is 1. The van der Waals surface area contributed by atoms with Crippen molar-refractivity contribution in [3.05, 3.63) is 35.9 Å². The van der Waals surface area contributed by atoms with Crippen LogP contribution in [0.1, 0.15) is 36.5 Å². The third kappa shape index (κ3) is 3.40. The van der Waals surface area contributed by atoms with Gasteiger partial charge in [0.05, 0.1) is 0 Å². The lowest BCUT2D eigenvalue weighted by atomic mass is 9.98. The molecule has 0 unspecified atom stereocenters. The summed E-state index contributed by atoms with van der Waals surface area (Å²) >= 11 is 0. The maximum absolute atomic E-state index is 12.2. The lowest BCUT2D eigenvalue weighted by Gasteiger charge is -2.28. The summed E-state index contributed by atoms with van der Waals surface area (Å²) < 4.78 is 0. The molecule has 1 fully saturated rings. The van der Waals surface area contributed by atoms with Crippen LogP contribution in [0.25, 0.3) is 0 Å². The third-order valence-corrected chi connectivity index (χ3v) is 3.49. The molecule has 1 saturated heterocycles. The molecule has 92 valence electrons. The Morgan fingerprint density at radius 2 is 1.82 bits per heavy atom. The fraction of sp³-hybridized carbons (Fsp3) is 0.533. The minimum absolute atomic E-state index is 0.107. The Morgan fingerprint density at radius 3 is 2.47 bits per heavy atom. The molecule has 1 aromatic carbocycles. The summed E-state index contributed by atoms with van der Waals surface area (Å²) in [5.74, 6) is 0.381. The first kappa shape index (κ1) is 12.3. The zero-order chi connectivity index (χ0) is 12.1. The van der Waals surface area contributed by atoms with Gasteiger partial charge in [0, 0.05) is 18.0 Å². The maximum Gasteiger partial charge on any atom is 0.166 e. The fourth-order valence-electron chi connectivity index (χ4n) is 2.50. The molecule has 17 heavy (non-hydrogen) atoms. The van der Waals surface area contributed by atoms with Gasteiger partial charge in [-0.2, -0.15) is 0 Å². The number of likely N-dealkylation sites (tertiary alicyclic amines) is 1. The smallest absolute Gasteiger partial charge is 0.166 e. The molecule has 1 aliphatic heterocycles. The topological polar surface area (TPSA) is 20.3 Å². The van der Waals surface area contributed by atoms with Crippen molar-refractivity contribution in [2.75, 3.05) is 19.6 Å². The molecule has 0 bridgehead atoms. The summed E-state index contributed by atoms with van der Waals surface area (Å²) in [5.41, 5.74) is 0.844. The van der Waals surface area contributed by atoms with E-state index in [-0.39, 0.29) is 11.7 Å². The molecular weight excluding hydrogens is 210 g/mol. The van der Waals surface area contributed by atoms with E-state index in [1.165, 1.54) is 19.3 Å². The lowest BCUT2D eigenvalue weighted by Crippen LogP contribution is -2.35. The van der Waals surface area contributed by atoms with Gasteiger partial charge in [-0.05, 0) is 25.9 Å². The molecule has 1 atom stereocenters. The van der Waals surface area contributed by atoms with Crippen LogP contribution >= 0.6 is 0 Å². The minimum Gasteiger partial charge on any atom is -0.303 e. The van der Waals surface area contributed by atoms with Crippen LogP contribution in [0.3, 0.4) is 0 Å². The van der Waals surface area contributed by atoms with Crippen LogP contribution in [0, 0.1) is 5.92 Å². The number of piperidine rings is 1. The molecule has 1 aliphatic rings. The van der Waals surface area contributed by atoms with E-state index in [0.717, 1.165) is 25.2 Å². The minimum atomic E-state index is 0.107. The first-order valence-corrected chi connectivity index (χ1v) is 6.59. The molecule has 0 radical (unpaired) electrons. The van der Waals surface area contributed by atoms with Gasteiger partial charge in [0.15, 0.2) is 5.78 Å². The summed E-state index contributed by atoms with van der Waals surface area (Å²) in [6, 6.07) is 9.64. The van der Waals surface area contributed by atoms with Crippen LogP contribution in [-0.4, -0.2) is 30.3 Å². The summed E-state index contributed by atoms with van der Waals surface area (Å²) in [6.45, 7) is 5.27. The van der Waals surface area contributed by atoms with Crippen molar-refractivity contribution in [3.8, 4) is 0 Å². The van der Waals surface area contributed by atoms with Gasteiger partial charge in [-0.1, -0.05) is 43.7 Å². The third-order valence-electron chi connectivity index (χ3n) is 3.49. The van der Waals surface area contributed by atoms with Gasteiger partial charge in [0.25, 0.3) is 0 Å². The second kappa shape index (κ2) is 5.97. The number of hydrogen-bond donors (Lipinski definition) is 0. The fourth-order valence-corrected chi connectivity index (χ4v) is 2.50. The van der Waals surface area contributed by atoms with Crippen molar-refractivity contribution >= 4 is 5.78 Å². The van der Waals surface area contributed by atoms with Crippen LogP contribution in [0.5, 0.6) is 0 Å². The molecule has 0 N–H and O–H groups in total. The number of ketones is 1. The van der Waals surface area contributed by atoms with Crippen LogP contribution in [0.15, 0.2) is 30.3 Å². The molecule has 0 aromatic heterocycles. The van der Waals surface area contributed by atoms with Crippen molar-refractivity contribution in [1.29, 1.82) is 0 Å². The normalized spacial score (nSPS) is 18.9. The van der Waals surface area contributed by atoms with E-state index in [1.807, 2.05) is 37.3 Å². The Labute approximate surface area is 104 Å². The average molecular weight is 231 g/mol. The van der Waals surface area contributed by atoms with E-state index < -0.39 is 0 Å². The van der Waals surface area contributed by atoms with Gasteiger partial charge in [-0.25, -0.2) is 0 Å². The Kier molecular flexibility index (Phi) is 4.32. The molecule has 1 aromatic rings. The van der Waals surface area contributed by atoms with Gasteiger partial charge in [-0.3, -0.25) is 4.79 Å². The highest BCUT2D eigenvalue weighted by Crippen LogP contribution is 2.14. The SMILES string of the molecule is C[C@H](CN1CCCCC1)C(=O)c1ccccc1. The van der Waals surface area contributed by atoms with Crippen molar-refractivity contribution in [3.63, 3.8) is 0 Å². The Morgan fingerprint density at radius 1 is 1.18 bits per heavy atom. The summed E-state index contributed by atoms with van der Waals surface area (Å²) in [6.07, 6.45) is 3.91. The highest BCUT2D eigenvalue weighted by Gasteiger charge is 2.19. The monoisotopic (exact) mass is 231 g/mol. The molecule has 0 saturated carbocycles. The average Bonchev–Trinajstić information content (AvgIpc) is 2.40. The zero-order valence-electron chi connectivity index (χ0n) is 10.6. The molecule has 0 aliphatic carbocycles. The van der Waals surface area contributed by atoms with E-state index in [9.17, 15) is 4.79 Å². The predicted octanol–water partition coefficient (Wildman–Crippen LogP) is 2.99. The molecule has 1 heterocycles. The van der Waals surface area contributed by atoms with Crippen LogP contribution in [-0.2, 0) is 0 Å². The zero-order valence-corrected chi connectivity index (χ0v) is 10.6. The van der Waals surface area contributed by atoms with Crippen molar-refractivity contribution in [2.24, 2.45) is 5.92 Å². The van der Waals surface area contributed by atoms with Gasteiger partial charge >= 0.3 is 0 Å². The molecule has 2 heteroatoms. The van der Waals surface area contributed by atoms with Crippen LogP contribution < -0.4 is 0 Å². The van der Waals surface area contributed by atoms with Gasteiger partial charge < -0.3 is 4.90 Å². The number of carbonyl (C=O) groups excluding carboxylic acids is 1. The van der Waals surface area contributed by atoms with Gasteiger partial charge in [0.2, 0.25) is 0 Å². The number of Topliss-reactive ketones (excluding diaryl/α,β-unsaturated/α-hetero) is 1. The Bertz CT molecular complexity index is 354. The van der Waals surface area contributed by atoms with Gasteiger partial charge in [0.1, 0.15) is 0 Å². The molecule has 0 spiro atoms. The van der Waals surface area contributed by atoms with Crippen molar-refractivity contribution in [1.82, 2.24) is 4.90 Å². The summed E-state index contributed by atoms with van der Waals surface area (Å²) in [7, 11) is 0. The summed E-state index contributed by atoms with van der Waals surface area (Å²) in [4.78, 5) is 14.6. The van der Waals surface area contributed by atoms with E-state index >= 15 is 0 Å². The Hall–Kier alpha value is -1.15. The van der Waals surface area contributed by atoms with Crippen LogP contribution in [0.2, 0.25) is 0 Å². The molecule has 2 rings (SSSR count).